The van der Waals surface area contributed by atoms with Crippen LogP contribution in [-0.2, 0) is 10.2 Å². The molecule has 1 aromatic carbocycles. The van der Waals surface area contributed by atoms with Gasteiger partial charge in [0.15, 0.2) is 6.79 Å². The van der Waals surface area contributed by atoms with Gasteiger partial charge in [0.05, 0.1) is 6.61 Å². The van der Waals surface area contributed by atoms with Crippen LogP contribution in [0.5, 0.6) is 11.5 Å². The Balaban J connectivity index is 1.98. The number of hydrogen-bond donors (Lipinski definition) is 0. The van der Waals surface area contributed by atoms with Gasteiger partial charge in [0, 0.05) is 18.1 Å². The van der Waals surface area contributed by atoms with Crippen LogP contribution in [0.1, 0.15) is 18.4 Å². The van der Waals surface area contributed by atoms with Gasteiger partial charge in [-0.25, -0.2) is 0 Å². The summed E-state index contributed by atoms with van der Waals surface area (Å²) in [5.41, 5.74) is 1.52. The van der Waals surface area contributed by atoms with Gasteiger partial charge in [-0.1, -0.05) is 6.07 Å². The largest absolute Gasteiger partial charge is 0.492 e. The zero-order valence-electron chi connectivity index (χ0n) is 8.79. The van der Waals surface area contributed by atoms with Crippen LogP contribution in [0.3, 0.4) is 0 Å². The van der Waals surface area contributed by atoms with E-state index in [1.165, 1.54) is 18.4 Å². The average Bonchev–Trinajstić information content (AvgIpc) is 2.94. The Bertz CT molecular complexity index is 382. The molecule has 0 amide bonds. The highest BCUT2D eigenvalue weighted by Gasteiger charge is 2.52. The van der Waals surface area contributed by atoms with Crippen molar-refractivity contribution in [1.82, 2.24) is 0 Å². The molecule has 15 heavy (non-hydrogen) atoms. The number of methoxy groups -OCH3 is 1. The molecule has 0 aromatic heterocycles. The molecule has 1 heterocycles. The monoisotopic (exact) mass is 206 g/mol. The van der Waals surface area contributed by atoms with Crippen LogP contribution in [0.15, 0.2) is 18.2 Å². The van der Waals surface area contributed by atoms with E-state index < -0.39 is 0 Å². The first-order chi connectivity index (χ1) is 7.36. The van der Waals surface area contributed by atoms with Crippen LogP contribution in [-0.4, -0.2) is 20.5 Å². The van der Waals surface area contributed by atoms with Crippen LogP contribution < -0.4 is 9.47 Å². The Hall–Kier alpha value is -1.22. The standard InChI is InChI=1S/C12H14O3/c1-13-8-15-10-4-2-3-9-11(10)12(5-6-12)7-14-9/h2-4H,5-8H2,1H3. The summed E-state index contributed by atoms with van der Waals surface area (Å²) in [7, 11) is 1.63. The van der Waals surface area contributed by atoms with Gasteiger partial charge in [0.25, 0.3) is 0 Å². The predicted octanol–water partition coefficient (Wildman–Crippen LogP) is 2.09. The minimum Gasteiger partial charge on any atom is -0.492 e. The van der Waals surface area contributed by atoms with Crippen LogP contribution in [0.25, 0.3) is 0 Å². The van der Waals surface area contributed by atoms with Crippen molar-refractivity contribution in [2.45, 2.75) is 18.3 Å². The summed E-state index contributed by atoms with van der Waals surface area (Å²) < 4.78 is 16.2. The molecule has 0 radical (unpaired) electrons. The summed E-state index contributed by atoms with van der Waals surface area (Å²) in [5.74, 6) is 1.91. The molecular formula is C12H14O3. The van der Waals surface area contributed by atoms with E-state index in [-0.39, 0.29) is 5.41 Å². The van der Waals surface area contributed by atoms with E-state index in [0.29, 0.717) is 6.79 Å². The molecule has 1 aliphatic carbocycles. The molecule has 1 aromatic rings. The first-order valence-electron chi connectivity index (χ1n) is 5.24. The first kappa shape index (κ1) is 9.04. The highest BCUT2D eigenvalue weighted by atomic mass is 16.7. The van der Waals surface area contributed by atoms with Gasteiger partial charge in [-0.2, -0.15) is 0 Å². The van der Waals surface area contributed by atoms with Gasteiger partial charge in [-0.15, -0.1) is 0 Å². The molecule has 0 N–H and O–H groups in total. The normalized spacial score (nSPS) is 19.8. The second kappa shape index (κ2) is 3.14. The third-order valence-corrected chi connectivity index (χ3v) is 3.21. The van der Waals surface area contributed by atoms with Gasteiger partial charge >= 0.3 is 0 Å². The third-order valence-electron chi connectivity index (χ3n) is 3.21. The van der Waals surface area contributed by atoms with Crippen molar-refractivity contribution in [2.24, 2.45) is 0 Å². The molecule has 1 fully saturated rings. The van der Waals surface area contributed by atoms with E-state index in [1.807, 2.05) is 18.2 Å². The molecule has 1 aliphatic heterocycles. The molecular weight excluding hydrogens is 192 g/mol. The Labute approximate surface area is 89.0 Å². The summed E-state index contributed by atoms with van der Waals surface area (Å²) in [6.07, 6.45) is 2.43. The van der Waals surface area contributed by atoms with Crippen molar-refractivity contribution >= 4 is 0 Å². The van der Waals surface area contributed by atoms with Crippen molar-refractivity contribution in [3.8, 4) is 11.5 Å². The summed E-state index contributed by atoms with van der Waals surface area (Å²) in [4.78, 5) is 0. The molecule has 0 bridgehead atoms. The molecule has 1 spiro atoms. The smallest absolute Gasteiger partial charge is 0.188 e. The van der Waals surface area contributed by atoms with E-state index in [1.54, 1.807) is 7.11 Å². The van der Waals surface area contributed by atoms with E-state index in [9.17, 15) is 0 Å². The Morgan fingerprint density at radius 1 is 1.40 bits per heavy atom. The fourth-order valence-corrected chi connectivity index (χ4v) is 2.23. The number of benzene rings is 1. The summed E-state index contributed by atoms with van der Waals surface area (Å²) in [6.45, 7) is 1.11. The summed E-state index contributed by atoms with van der Waals surface area (Å²) >= 11 is 0. The third kappa shape index (κ3) is 1.30. The van der Waals surface area contributed by atoms with E-state index in [0.717, 1.165) is 18.1 Å². The lowest BCUT2D eigenvalue weighted by atomic mass is 9.97. The van der Waals surface area contributed by atoms with Crippen LogP contribution in [0.2, 0.25) is 0 Å². The second-order valence-electron chi connectivity index (χ2n) is 4.25. The topological polar surface area (TPSA) is 27.7 Å². The Kier molecular flexibility index (Phi) is 1.89. The lowest BCUT2D eigenvalue weighted by Crippen LogP contribution is -2.10. The zero-order valence-corrected chi connectivity index (χ0v) is 8.79. The number of rotatable bonds is 3. The Morgan fingerprint density at radius 3 is 3.00 bits per heavy atom. The molecule has 0 atom stereocenters. The number of fused-ring (bicyclic) bond motifs is 2. The van der Waals surface area contributed by atoms with Crippen molar-refractivity contribution < 1.29 is 14.2 Å². The number of ether oxygens (including phenoxy) is 3. The lowest BCUT2D eigenvalue weighted by molar-refractivity contribution is 0.0502. The number of hydrogen-bond acceptors (Lipinski definition) is 3. The second-order valence-corrected chi connectivity index (χ2v) is 4.25. The van der Waals surface area contributed by atoms with E-state index >= 15 is 0 Å². The zero-order chi connectivity index (χ0) is 10.3. The van der Waals surface area contributed by atoms with Crippen LogP contribution in [0, 0.1) is 0 Å². The molecule has 3 heteroatoms. The Morgan fingerprint density at radius 2 is 2.27 bits per heavy atom. The average molecular weight is 206 g/mol. The quantitative estimate of drug-likeness (QED) is 0.709. The molecule has 0 unspecified atom stereocenters. The van der Waals surface area contributed by atoms with Gasteiger partial charge in [0.1, 0.15) is 11.5 Å². The minimum atomic E-state index is 0.264. The van der Waals surface area contributed by atoms with E-state index in [4.69, 9.17) is 14.2 Å². The van der Waals surface area contributed by atoms with E-state index in [2.05, 4.69) is 0 Å². The summed E-state index contributed by atoms with van der Waals surface area (Å²) in [6, 6.07) is 5.97. The highest BCUT2D eigenvalue weighted by molar-refractivity contribution is 5.55. The van der Waals surface area contributed by atoms with Gasteiger partial charge in [-0.3, -0.25) is 0 Å². The van der Waals surface area contributed by atoms with Gasteiger partial charge < -0.3 is 14.2 Å². The first-order valence-corrected chi connectivity index (χ1v) is 5.24. The fraction of sp³-hybridized carbons (Fsp3) is 0.500. The highest BCUT2D eigenvalue weighted by Crippen LogP contribution is 2.58. The summed E-state index contributed by atoms with van der Waals surface area (Å²) in [5, 5.41) is 0. The maximum atomic E-state index is 5.68. The lowest BCUT2D eigenvalue weighted by Gasteiger charge is -2.11. The molecule has 3 rings (SSSR count). The maximum absolute atomic E-state index is 5.68. The van der Waals surface area contributed by atoms with Gasteiger partial charge in [0.2, 0.25) is 0 Å². The molecule has 80 valence electrons. The minimum absolute atomic E-state index is 0.264. The van der Waals surface area contributed by atoms with Gasteiger partial charge in [-0.05, 0) is 25.0 Å². The van der Waals surface area contributed by atoms with Crippen molar-refractivity contribution in [3.05, 3.63) is 23.8 Å². The molecule has 0 saturated heterocycles. The molecule has 2 aliphatic rings. The maximum Gasteiger partial charge on any atom is 0.188 e. The SMILES string of the molecule is COCOc1cccc2c1C1(CC1)CO2. The van der Waals surface area contributed by atoms with Crippen molar-refractivity contribution in [2.75, 3.05) is 20.5 Å². The van der Waals surface area contributed by atoms with Crippen molar-refractivity contribution in [3.63, 3.8) is 0 Å². The predicted molar refractivity (Wildman–Crippen MR) is 55.4 cm³/mol. The molecule has 1 saturated carbocycles. The van der Waals surface area contributed by atoms with Crippen LogP contribution >= 0.6 is 0 Å². The molecule has 3 nitrogen and oxygen atoms in total. The van der Waals surface area contributed by atoms with Crippen molar-refractivity contribution in [1.29, 1.82) is 0 Å². The van der Waals surface area contributed by atoms with Crippen LogP contribution in [0.4, 0.5) is 0 Å². The fourth-order valence-electron chi connectivity index (χ4n) is 2.23.